The Balaban J connectivity index is 2.43. The molecule has 2 heterocycles. The summed E-state index contributed by atoms with van der Waals surface area (Å²) in [5.41, 5.74) is 2.60. The van der Waals surface area contributed by atoms with Crippen molar-refractivity contribution in [3.05, 3.63) is 40.2 Å². The van der Waals surface area contributed by atoms with Gasteiger partial charge in [0.05, 0.1) is 29.6 Å². The molecule has 0 saturated heterocycles. The molecule has 2 aromatic heterocycles. The Labute approximate surface area is 159 Å². The van der Waals surface area contributed by atoms with Crippen LogP contribution in [-0.4, -0.2) is 22.8 Å². The summed E-state index contributed by atoms with van der Waals surface area (Å²) in [6.07, 6.45) is 2.49. The van der Waals surface area contributed by atoms with Gasteiger partial charge in [-0.15, -0.1) is 0 Å². The normalized spacial score (nSPS) is 12.3. The molecule has 0 spiro atoms. The molecule has 0 aliphatic heterocycles. The Morgan fingerprint density at radius 2 is 1.78 bits per heavy atom. The van der Waals surface area contributed by atoms with Gasteiger partial charge in [0.15, 0.2) is 0 Å². The molecule has 0 radical (unpaired) electrons. The van der Waals surface area contributed by atoms with Crippen molar-refractivity contribution in [1.82, 2.24) is 9.55 Å². The number of H-pyrrole nitrogens is 1. The minimum atomic E-state index is -3.54. The number of benzene rings is 1. The second kappa shape index (κ2) is 8.01. The molecule has 0 unspecified atom stereocenters. The van der Waals surface area contributed by atoms with Crippen molar-refractivity contribution >= 4 is 34.8 Å². The topological polar surface area (TPSA) is 73.3 Å². The number of fused-ring (bicyclic) bond motifs is 3. The van der Waals surface area contributed by atoms with E-state index in [2.05, 4.69) is 11.9 Å². The lowest BCUT2D eigenvalue weighted by Gasteiger charge is -2.17. The van der Waals surface area contributed by atoms with Crippen molar-refractivity contribution < 1.29 is 13.6 Å². The average Bonchev–Trinajstić information content (AvgIpc) is 3.05. The van der Waals surface area contributed by atoms with Crippen molar-refractivity contribution in [3.8, 4) is 0 Å². The summed E-state index contributed by atoms with van der Waals surface area (Å²) in [5.74, 6) is 0. The van der Waals surface area contributed by atoms with E-state index in [1.807, 2.05) is 24.3 Å². The van der Waals surface area contributed by atoms with Gasteiger partial charge in [-0.1, -0.05) is 31.5 Å². The monoisotopic (exact) mass is 390 g/mol. The van der Waals surface area contributed by atoms with E-state index in [9.17, 15) is 9.36 Å². The SMILES string of the molecule is CCCCc1c(P(=O)(OCC)OCC)[nH]c2c1c(=O)n(C)c1ccccc21. The number of aromatic amines is 1. The molecule has 3 aromatic rings. The van der Waals surface area contributed by atoms with E-state index in [1.165, 1.54) is 0 Å². The minimum Gasteiger partial charge on any atom is -0.347 e. The number of nitrogens with zero attached hydrogens (tertiary/aromatic N) is 1. The molecule has 7 heteroatoms. The van der Waals surface area contributed by atoms with Crippen LogP contribution in [-0.2, 0) is 27.1 Å². The Kier molecular flexibility index (Phi) is 5.89. The standard InChI is InChI=1S/C20H27N2O4P/c1-5-8-11-15-17-18(21-19(15)27(24,25-6-2)26-7-3)14-12-9-10-13-16(14)22(4)20(17)23/h9-10,12-13,21H,5-8,11H2,1-4H3. The molecule has 1 N–H and O–H groups in total. The zero-order valence-electron chi connectivity index (χ0n) is 16.4. The van der Waals surface area contributed by atoms with Gasteiger partial charge in [-0.2, -0.15) is 0 Å². The maximum atomic E-state index is 13.5. The summed E-state index contributed by atoms with van der Waals surface area (Å²) >= 11 is 0. The van der Waals surface area contributed by atoms with Crippen LogP contribution in [0.2, 0.25) is 0 Å². The Morgan fingerprint density at radius 1 is 1.11 bits per heavy atom. The van der Waals surface area contributed by atoms with Gasteiger partial charge in [0, 0.05) is 12.4 Å². The third-order valence-corrected chi connectivity index (χ3v) is 6.91. The Morgan fingerprint density at radius 3 is 2.41 bits per heavy atom. The van der Waals surface area contributed by atoms with Crippen molar-refractivity contribution in [2.24, 2.45) is 7.05 Å². The molecule has 3 rings (SSSR count). The van der Waals surface area contributed by atoms with E-state index < -0.39 is 7.60 Å². The predicted molar refractivity (Wildman–Crippen MR) is 110 cm³/mol. The highest BCUT2D eigenvalue weighted by Crippen LogP contribution is 2.48. The highest BCUT2D eigenvalue weighted by atomic mass is 31.2. The number of unbranched alkanes of at least 4 members (excludes halogenated alkanes) is 1. The fourth-order valence-electron chi connectivity index (χ4n) is 3.56. The van der Waals surface area contributed by atoms with Gasteiger partial charge < -0.3 is 18.6 Å². The van der Waals surface area contributed by atoms with Crippen LogP contribution in [0.25, 0.3) is 21.8 Å². The summed E-state index contributed by atoms with van der Waals surface area (Å²) in [6.45, 7) is 6.19. The molecule has 0 aliphatic carbocycles. The number of hydrogen-bond acceptors (Lipinski definition) is 4. The second-order valence-corrected chi connectivity index (χ2v) is 8.48. The van der Waals surface area contributed by atoms with Gasteiger partial charge in [-0.05, 0) is 38.3 Å². The molecule has 27 heavy (non-hydrogen) atoms. The number of nitrogens with one attached hydrogen (secondary N) is 1. The van der Waals surface area contributed by atoms with Crippen LogP contribution in [0.4, 0.5) is 0 Å². The number of aromatic nitrogens is 2. The van der Waals surface area contributed by atoms with Gasteiger partial charge >= 0.3 is 7.60 Å². The third-order valence-electron chi connectivity index (χ3n) is 4.79. The predicted octanol–water partition coefficient (Wildman–Crippen LogP) is 4.25. The van der Waals surface area contributed by atoms with Gasteiger partial charge in [0.25, 0.3) is 5.56 Å². The maximum Gasteiger partial charge on any atom is 0.377 e. The van der Waals surface area contributed by atoms with E-state index in [1.54, 1.807) is 25.5 Å². The lowest BCUT2D eigenvalue weighted by Crippen LogP contribution is -2.19. The van der Waals surface area contributed by atoms with Gasteiger partial charge in [-0.3, -0.25) is 9.36 Å². The molecule has 0 atom stereocenters. The highest BCUT2D eigenvalue weighted by molar-refractivity contribution is 7.62. The smallest absolute Gasteiger partial charge is 0.347 e. The Hall–Kier alpha value is -1.88. The van der Waals surface area contributed by atoms with Crippen LogP contribution in [0, 0.1) is 0 Å². The van der Waals surface area contributed by atoms with Crippen molar-refractivity contribution in [2.75, 3.05) is 13.2 Å². The zero-order valence-corrected chi connectivity index (χ0v) is 17.3. The molecule has 0 bridgehead atoms. The van der Waals surface area contributed by atoms with Crippen LogP contribution in [0.5, 0.6) is 0 Å². The summed E-state index contributed by atoms with van der Waals surface area (Å²) in [6, 6.07) is 7.71. The van der Waals surface area contributed by atoms with E-state index in [-0.39, 0.29) is 18.8 Å². The Bertz CT molecular complexity index is 1060. The van der Waals surface area contributed by atoms with Crippen LogP contribution in [0.15, 0.2) is 29.1 Å². The first-order valence-corrected chi connectivity index (χ1v) is 11.0. The van der Waals surface area contributed by atoms with Crippen molar-refractivity contribution in [3.63, 3.8) is 0 Å². The molecular weight excluding hydrogens is 363 g/mol. The third kappa shape index (κ3) is 3.38. The molecule has 146 valence electrons. The molecule has 0 saturated carbocycles. The molecule has 6 nitrogen and oxygen atoms in total. The van der Waals surface area contributed by atoms with Gasteiger partial charge in [-0.25, -0.2) is 0 Å². The first kappa shape index (κ1) is 19.9. The van der Waals surface area contributed by atoms with Crippen LogP contribution >= 0.6 is 7.60 Å². The van der Waals surface area contributed by atoms with Gasteiger partial charge in [0.1, 0.15) is 5.44 Å². The van der Waals surface area contributed by atoms with Crippen LogP contribution in [0.3, 0.4) is 0 Å². The molecule has 1 aromatic carbocycles. The summed E-state index contributed by atoms with van der Waals surface area (Å²) in [7, 11) is -1.77. The summed E-state index contributed by atoms with van der Waals surface area (Å²) < 4.78 is 26.3. The first-order valence-electron chi connectivity index (χ1n) is 9.50. The zero-order chi connectivity index (χ0) is 19.6. The van der Waals surface area contributed by atoms with Crippen LogP contribution in [0.1, 0.15) is 39.2 Å². The maximum absolute atomic E-state index is 13.5. The number of pyridine rings is 1. The highest BCUT2D eigenvalue weighted by Gasteiger charge is 2.34. The van der Waals surface area contributed by atoms with Crippen LogP contribution < -0.4 is 11.0 Å². The fraction of sp³-hybridized carbons (Fsp3) is 0.450. The van der Waals surface area contributed by atoms with E-state index in [4.69, 9.17) is 9.05 Å². The van der Waals surface area contributed by atoms with E-state index in [0.717, 1.165) is 29.3 Å². The quantitative estimate of drug-likeness (QED) is 0.584. The molecule has 0 amide bonds. The number of aryl methyl sites for hydroxylation is 2. The molecular formula is C20H27N2O4P. The largest absolute Gasteiger partial charge is 0.377 e. The lowest BCUT2D eigenvalue weighted by molar-refractivity contribution is 0.229. The molecule has 0 fully saturated rings. The minimum absolute atomic E-state index is 0.100. The number of para-hydroxylation sites is 1. The lowest BCUT2D eigenvalue weighted by atomic mass is 10.1. The van der Waals surface area contributed by atoms with Crippen molar-refractivity contribution in [1.29, 1.82) is 0 Å². The van der Waals surface area contributed by atoms with Crippen molar-refractivity contribution in [2.45, 2.75) is 40.0 Å². The summed E-state index contributed by atoms with van der Waals surface area (Å²) in [4.78, 5) is 16.4. The van der Waals surface area contributed by atoms with E-state index in [0.29, 0.717) is 22.8 Å². The van der Waals surface area contributed by atoms with E-state index >= 15 is 0 Å². The molecule has 0 aliphatic rings. The average molecular weight is 390 g/mol. The van der Waals surface area contributed by atoms with Gasteiger partial charge in [0.2, 0.25) is 0 Å². The second-order valence-electron chi connectivity index (χ2n) is 6.52. The summed E-state index contributed by atoms with van der Waals surface area (Å²) in [5, 5.41) is 1.50. The number of rotatable bonds is 8. The number of hydrogen-bond donors (Lipinski definition) is 1. The fourth-order valence-corrected chi connectivity index (χ4v) is 5.37. The first-order chi connectivity index (χ1) is 13.0.